The van der Waals surface area contributed by atoms with Crippen LogP contribution in [0.4, 0.5) is 5.82 Å². The number of carbonyl (C=O) groups excluding carboxylic acids is 1. The molecular formula is C17H27N3O2. The number of aromatic nitrogens is 1. The zero-order valence-electron chi connectivity index (χ0n) is 13.4. The number of pyridine rings is 1. The lowest BCUT2D eigenvalue weighted by Gasteiger charge is -2.31. The number of rotatable bonds is 7. The third kappa shape index (κ3) is 5.39. The first-order valence-electron chi connectivity index (χ1n) is 8.26. The predicted molar refractivity (Wildman–Crippen MR) is 87.7 cm³/mol. The minimum absolute atomic E-state index is 0.0506. The average Bonchev–Trinajstić information content (AvgIpc) is 2.54. The van der Waals surface area contributed by atoms with Crippen LogP contribution in [0.5, 0.6) is 0 Å². The van der Waals surface area contributed by atoms with Crippen molar-refractivity contribution in [3.8, 4) is 0 Å². The lowest BCUT2D eigenvalue weighted by molar-refractivity contribution is -0.121. The van der Waals surface area contributed by atoms with Gasteiger partial charge in [0.05, 0.1) is 5.92 Å². The van der Waals surface area contributed by atoms with Crippen molar-refractivity contribution in [2.45, 2.75) is 39.0 Å². The highest BCUT2D eigenvalue weighted by Crippen LogP contribution is 2.19. The first-order chi connectivity index (χ1) is 10.7. The van der Waals surface area contributed by atoms with Crippen molar-refractivity contribution in [2.75, 3.05) is 31.6 Å². The van der Waals surface area contributed by atoms with E-state index >= 15 is 0 Å². The van der Waals surface area contributed by atoms with Crippen molar-refractivity contribution < 1.29 is 9.90 Å². The van der Waals surface area contributed by atoms with Crippen LogP contribution in [0.15, 0.2) is 18.3 Å². The van der Waals surface area contributed by atoms with E-state index in [0.717, 1.165) is 57.3 Å². The van der Waals surface area contributed by atoms with Gasteiger partial charge in [0.2, 0.25) is 5.91 Å². The Labute approximate surface area is 132 Å². The molecule has 0 aliphatic carbocycles. The molecular weight excluding hydrogens is 278 g/mol. The number of nitrogens with zero attached hydrogens (tertiary/aromatic N) is 2. The molecule has 122 valence electrons. The fourth-order valence-corrected chi connectivity index (χ4v) is 2.87. The van der Waals surface area contributed by atoms with E-state index in [1.165, 1.54) is 0 Å². The molecule has 1 aromatic rings. The minimum atomic E-state index is 0.0506. The highest BCUT2D eigenvalue weighted by atomic mass is 16.2. The maximum Gasteiger partial charge on any atom is 0.229 e. The number of unbranched alkanes of at least 4 members (excludes halogenated alkanes) is 2. The van der Waals surface area contributed by atoms with Crippen LogP contribution in [0.2, 0.25) is 0 Å². The number of hydrogen-bond donors (Lipinski definition) is 2. The van der Waals surface area contributed by atoms with Gasteiger partial charge in [-0.25, -0.2) is 4.98 Å². The number of aliphatic hydroxyl groups is 1. The van der Waals surface area contributed by atoms with Crippen LogP contribution < -0.4 is 5.32 Å². The number of amides is 1. The van der Waals surface area contributed by atoms with E-state index in [9.17, 15) is 4.79 Å². The van der Waals surface area contributed by atoms with Crippen LogP contribution >= 0.6 is 0 Å². The van der Waals surface area contributed by atoms with Crippen molar-refractivity contribution >= 4 is 11.7 Å². The van der Waals surface area contributed by atoms with Crippen molar-refractivity contribution in [3.63, 3.8) is 0 Å². The SMILES string of the molecule is Cc1ccc(NC(=O)C2CCCN(CCCCCO)C2)nc1. The summed E-state index contributed by atoms with van der Waals surface area (Å²) in [6.45, 7) is 5.18. The van der Waals surface area contributed by atoms with Gasteiger partial charge in [0, 0.05) is 19.3 Å². The third-order valence-corrected chi connectivity index (χ3v) is 4.17. The fourth-order valence-electron chi connectivity index (χ4n) is 2.87. The van der Waals surface area contributed by atoms with Gasteiger partial charge in [0.1, 0.15) is 5.82 Å². The van der Waals surface area contributed by atoms with E-state index in [0.29, 0.717) is 5.82 Å². The molecule has 1 saturated heterocycles. The molecule has 1 fully saturated rings. The lowest BCUT2D eigenvalue weighted by Crippen LogP contribution is -2.41. The molecule has 1 aromatic heterocycles. The van der Waals surface area contributed by atoms with Gasteiger partial charge < -0.3 is 15.3 Å². The summed E-state index contributed by atoms with van der Waals surface area (Å²) in [4.78, 5) is 19.0. The van der Waals surface area contributed by atoms with Crippen molar-refractivity contribution in [1.82, 2.24) is 9.88 Å². The molecule has 0 spiro atoms. The second-order valence-corrected chi connectivity index (χ2v) is 6.13. The molecule has 0 bridgehead atoms. The first kappa shape index (κ1) is 16.9. The number of aryl methyl sites for hydroxylation is 1. The summed E-state index contributed by atoms with van der Waals surface area (Å²) in [5, 5.41) is 11.7. The zero-order chi connectivity index (χ0) is 15.8. The highest BCUT2D eigenvalue weighted by molar-refractivity contribution is 5.91. The Kier molecular flexibility index (Phi) is 6.80. The average molecular weight is 305 g/mol. The van der Waals surface area contributed by atoms with E-state index in [1.807, 2.05) is 19.1 Å². The largest absolute Gasteiger partial charge is 0.396 e. The van der Waals surface area contributed by atoms with Gasteiger partial charge >= 0.3 is 0 Å². The van der Waals surface area contributed by atoms with E-state index < -0.39 is 0 Å². The Balaban J connectivity index is 1.78. The number of carbonyl (C=O) groups is 1. The number of aliphatic hydroxyl groups excluding tert-OH is 1. The summed E-state index contributed by atoms with van der Waals surface area (Å²) >= 11 is 0. The predicted octanol–water partition coefficient (Wildman–Crippen LogP) is 2.20. The van der Waals surface area contributed by atoms with Crippen LogP contribution in [-0.2, 0) is 4.79 Å². The number of piperidine rings is 1. The molecule has 5 heteroatoms. The fraction of sp³-hybridized carbons (Fsp3) is 0.647. The molecule has 5 nitrogen and oxygen atoms in total. The minimum Gasteiger partial charge on any atom is -0.396 e. The summed E-state index contributed by atoms with van der Waals surface area (Å²) in [6.07, 6.45) is 6.80. The van der Waals surface area contributed by atoms with Gasteiger partial charge in [-0.1, -0.05) is 6.07 Å². The van der Waals surface area contributed by atoms with Crippen molar-refractivity contribution in [1.29, 1.82) is 0 Å². The monoisotopic (exact) mass is 305 g/mol. The Bertz CT molecular complexity index is 461. The quantitative estimate of drug-likeness (QED) is 0.758. The molecule has 0 radical (unpaired) electrons. The highest BCUT2D eigenvalue weighted by Gasteiger charge is 2.25. The zero-order valence-corrected chi connectivity index (χ0v) is 13.4. The molecule has 1 amide bonds. The van der Waals surface area contributed by atoms with Gasteiger partial charge in [0.25, 0.3) is 0 Å². The van der Waals surface area contributed by atoms with Crippen LogP contribution in [-0.4, -0.2) is 47.1 Å². The molecule has 2 N–H and O–H groups in total. The molecule has 1 aliphatic heterocycles. The van der Waals surface area contributed by atoms with Gasteiger partial charge in [0.15, 0.2) is 0 Å². The molecule has 0 saturated carbocycles. The second-order valence-electron chi connectivity index (χ2n) is 6.13. The number of nitrogens with one attached hydrogen (secondary N) is 1. The summed E-state index contributed by atoms with van der Waals surface area (Å²) in [5.41, 5.74) is 1.09. The Morgan fingerprint density at radius 3 is 3.00 bits per heavy atom. The topological polar surface area (TPSA) is 65.5 Å². The maximum absolute atomic E-state index is 12.4. The molecule has 2 heterocycles. The van der Waals surface area contributed by atoms with Gasteiger partial charge in [-0.15, -0.1) is 0 Å². The molecule has 1 aliphatic rings. The van der Waals surface area contributed by atoms with E-state index in [1.54, 1.807) is 6.20 Å². The summed E-state index contributed by atoms with van der Waals surface area (Å²) < 4.78 is 0. The lowest BCUT2D eigenvalue weighted by atomic mass is 9.97. The van der Waals surface area contributed by atoms with Crippen molar-refractivity contribution in [3.05, 3.63) is 23.9 Å². The number of hydrogen-bond acceptors (Lipinski definition) is 4. The Morgan fingerprint density at radius 2 is 2.27 bits per heavy atom. The number of likely N-dealkylation sites (tertiary alicyclic amines) is 1. The smallest absolute Gasteiger partial charge is 0.229 e. The van der Waals surface area contributed by atoms with Crippen molar-refractivity contribution in [2.24, 2.45) is 5.92 Å². The Morgan fingerprint density at radius 1 is 1.41 bits per heavy atom. The van der Waals surface area contributed by atoms with Crippen LogP contribution in [0.1, 0.15) is 37.7 Å². The summed E-state index contributed by atoms with van der Waals surface area (Å²) in [6, 6.07) is 3.81. The second kappa shape index (κ2) is 8.86. The van der Waals surface area contributed by atoms with Crippen LogP contribution in [0.25, 0.3) is 0 Å². The first-order valence-corrected chi connectivity index (χ1v) is 8.26. The maximum atomic E-state index is 12.4. The summed E-state index contributed by atoms with van der Waals surface area (Å²) in [7, 11) is 0. The van der Waals surface area contributed by atoms with E-state index in [-0.39, 0.29) is 18.4 Å². The van der Waals surface area contributed by atoms with Gasteiger partial charge in [-0.2, -0.15) is 0 Å². The van der Waals surface area contributed by atoms with E-state index in [4.69, 9.17) is 5.11 Å². The molecule has 22 heavy (non-hydrogen) atoms. The number of anilines is 1. The molecule has 1 atom stereocenters. The Hall–Kier alpha value is -1.46. The third-order valence-electron chi connectivity index (χ3n) is 4.17. The standard InChI is InChI=1S/C17H27N3O2/c1-14-7-8-16(18-12-14)19-17(22)15-6-5-10-20(13-15)9-3-2-4-11-21/h7-8,12,15,21H,2-6,9-11,13H2,1H3,(H,18,19,22). The van der Waals surface area contributed by atoms with Gasteiger partial charge in [-0.05, 0) is 63.7 Å². The summed E-state index contributed by atoms with van der Waals surface area (Å²) in [5.74, 6) is 0.766. The normalized spacial score (nSPS) is 19.1. The molecule has 2 rings (SSSR count). The van der Waals surface area contributed by atoms with Crippen LogP contribution in [0, 0.1) is 12.8 Å². The van der Waals surface area contributed by atoms with E-state index in [2.05, 4.69) is 15.2 Å². The van der Waals surface area contributed by atoms with Crippen LogP contribution in [0.3, 0.4) is 0 Å². The van der Waals surface area contributed by atoms with Gasteiger partial charge in [-0.3, -0.25) is 4.79 Å². The molecule has 0 aromatic carbocycles. The molecule has 1 unspecified atom stereocenters.